The summed E-state index contributed by atoms with van der Waals surface area (Å²) >= 11 is 0. The molecule has 0 N–H and O–H groups in total. The smallest absolute Gasteiger partial charge is 0.285 e. The van der Waals surface area contributed by atoms with E-state index in [1.165, 1.54) is 24.0 Å². The molecule has 1 aromatic carbocycles. The minimum Gasteiger partial charge on any atom is -0.285 e. The molecule has 0 atom stereocenters. The second-order valence-electron chi connectivity index (χ2n) is 3.76. The molecule has 0 saturated carbocycles. The van der Waals surface area contributed by atoms with E-state index in [0.717, 1.165) is 16.8 Å². The van der Waals surface area contributed by atoms with E-state index in [0.29, 0.717) is 5.56 Å². The van der Waals surface area contributed by atoms with E-state index < -0.39 is 10.7 Å². The van der Waals surface area contributed by atoms with Gasteiger partial charge in [0, 0.05) is 13.1 Å². The molecule has 0 saturated heterocycles. The number of rotatable bonds is 3. The van der Waals surface area contributed by atoms with Crippen LogP contribution in [0.4, 0.5) is 10.1 Å². The van der Waals surface area contributed by atoms with Crippen molar-refractivity contribution < 1.29 is 9.31 Å². The summed E-state index contributed by atoms with van der Waals surface area (Å²) in [5, 5.41) is 14.4. The van der Waals surface area contributed by atoms with Gasteiger partial charge in [-0.1, -0.05) is 0 Å². The summed E-state index contributed by atoms with van der Waals surface area (Å²) in [6, 6.07) is 3.17. The summed E-state index contributed by atoms with van der Waals surface area (Å²) in [5.41, 5.74) is -0.418. The van der Waals surface area contributed by atoms with Crippen LogP contribution in [0.1, 0.15) is 5.56 Å². The SMILES string of the molecule is Cn1cnn(Cc2cc(F)cc([N+](=O)[O-])c2)c1=O. The van der Waals surface area contributed by atoms with Crippen molar-refractivity contribution >= 4 is 5.69 Å². The van der Waals surface area contributed by atoms with Crippen molar-refractivity contribution in [3.05, 3.63) is 56.5 Å². The third-order valence-electron chi connectivity index (χ3n) is 2.37. The summed E-state index contributed by atoms with van der Waals surface area (Å²) < 4.78 is 15.5. The van der Waals surface area contributed by atoms with Crippen molar-refractivity contribution in [1.29, 1.82) is 0 Å². The first-order valence-electron chi connectivity index (χ1n) is 4.99. The Kier molecular flexibility index (Phi) is 2.92. The maximum atomic E-state index is 13.2. The van der Waals surface area contributed by atoms with E-state index in [4.69, 9.17) is 0 Å². The summed E-state index contributed by atoms with van der Waals surface area (Å²) in [7, 11) is 1.53. The molecular weight excluding hydrogens is 243 g/mol. The Hall–Kier alpha value is -2.51. The summed E-state index contributed by atoms with van der Waals surface area (Å²) in [5.74, 6) is -0.719. The Bertz CT molecular complexity index is 661. The first-order chi connectivity index (χ1) is 8.47. The van der Waals surface area contributed by atoms with Gasteiger partial charge in [0.15, 0.2) is 0 Å². The number of benzene rings is 1. The van der Waals surface area contributed by atoms with Gasteiger partial charge in [0.05, 0.1) is 17.5 Å². The fourth-order valence-corrected chi connectivity index (χ4v) is 1.53. The maximum absolute atomic E-state index is 13.2. The first kappa shape index (κ1) is 12.0. The minimum absolute atomic E-state index is 0.0156. The Morgan fingerprint density at radius 1 is 1.44 bits per heavy atom. The van der Waals surface area contributed by atoms with E-state index in [2.05, 4.69) is 5.10 Å². The van der Waals surface area contributed by atoms with Crippen molar-refractivity contribution in [2.45, 2.75) is 6.54 Å². The Morgan fingerprint density at radius 3 is 2.72 bits per heavy atom. The molecule has 0 amide bonds. The Balaban J connectivity index is 2.37. The number of halogens is 1. The molecule has 18 heavy (non-hydrogen) atoms. The van der Waals surface area contributed by atoms with Crippen molar-refractivity contribution in [2.24, 2.45) is 7.05 Å². The molecule has 2 rings (SSSR count). The van der Waals surface area contributed by atoms with Crippen LogP contribution in [-0.4, -0.2) is 19.3 Å². The molecule has 0 aliphatic rings. The van der Waals surface area contributed by atoms with Gasteiger partial charge in [-0.05, 0) is 11.6 Å². The zero-order valence-corrected chi connectivity index (χ0v) is 9.41. The standard InChI is InChI=1S/C10H9FN4O3/c1-13-6-12-14(10(13)16)5-7-2-8(11)4-9(3-7)15(17)18/h2-4,6H,5H2,1H3. The van der Waals surface area contributed by atoms with E-state index >= 15 is 0 Å². The van der Waals surface area contributed by atoms with Gasteiger partial charge in [-0.3, -0.25) is 14.7 Å². The molecule has 0 fully saturated rings. The highest BCUT2D eigenvalue weighted by molar-refractivity contribution is 5.35. The van der Waals surface area contributed by atoms with Crippen LogP contribution in [0.15, 0.2) is 29.3 Å². The molecule has 0 bridgehead atoms. The molecule has 7 nitrogen and oxygen atoms in total. The lowest BCUT2D eigenvalue weighted by Gasteiger charge is -2.01. The van der Waals surface area contributed by atoms with Gasteiger partial charge in [0.1, 0.15) is 12.1 Å². The van der Waals surface area contributed by atoms with Crippen molar-refractivity contribution in [3.63, 3.8) is 0 Å². The van der Waals surface area contributed by atoms with Gasteiger partial charge in [0.25, 0.3) is 5.69 Å². The number of aryl methyl sites for hydroxylation is 1. The molecule has 8 heteroatoms. The van der Waals surface area contributed by atoms with E-state index in [-0.39, 0.29) is 17.9 Å². The zero-order chi connectivity index (χ0) is 13.3. The lowest BCUT2D eigenvalue weighted by molar-refractivity contribution is -0.385. The van der Waals surface area contributed by atoms with Gasteiger partial charge in [0.2, 0.25) is 0 Å². The lowest BCUT2D eigenvalue weighted by Crippen LogP contribution is -2.23. The maximum Gasteiger partial charge on any atom is 0.345 e. The molecule has 0 radical (unpaired) electrons. The monoisotopic (exact) mass is 252 g/mol. The fraction of sp³-hybridized carbons (Fsp3) is 0.200. The molecule has 0 aliphatic carbocycles. The average Bonchev–Trinajstić information content (AvgIpc) is 2.60. The van der Waals surface area contributed by atoms with Crippen molar-refractivity contribution in [1.82, 2.24) is 14.3 Å². The average molecular weight is 252 g/mol. The highest BCUT2D eigenvalue weighted by atomic mass is 19.1. The zero-order valence-electron chi connectivity index (χ0n) is 9.41. The lowest BCUT2D eigenvalue weighted by atomic mass is 10.2. The summed E-state index contributed by atoms with van der Waals surface area (Å²) in [4.78, 5) is 21.4. The van der Waals surface area contributed by atoms with Gasteiger partial charge in [-0.15, -0.1) is 0 Å². The van der Waals surface area contributed by atoms with Crippen LogP contribution in [0.3, 0.4) is 0 Å². The quantitative estimate of drug-likeness (QED) is 0.594. The predicted molar refractivity (Wildman–Crippen MR) is 59.6 cm³/mol. The third kappa shape index (κ3) is 2.26. The highest BCUT2D eigenvalue weighted by Crippen LogP contribution is 2.16. The Morgan fingerprint density at radius 2 is 2.17 bits per heavy atom. The van der Waals surface area contributed by atoms with Crippen LogP contribution in [-0.2, 0) is 13.6 Å². The number of hydrogen-bond acceptors (Lipinski definition) is 4. The fourth-order valence-electron chi connectivity index (χ4n) is 1.53. The van der Waals surface area contributed by atoms with Crippen LogP contribution in [0.2, 0.25) is 0 Å². The number of nitro benzene ring substituents is 1. The van der Waals surface area contributed by atoms with Crippen LogP contribution < -0.4 is 5.69 Å². The topological polar surface area (TPSA) is 83.0 Å². The van der Waals surface area contributed by atoms with E-state index in [1.54, 1.807) is 0 Å². The molecule has 1 heterocycles. The second kappa shape index (κ2) is 4.40. The molecule has 0 unspecified atom stereocenters. The molecular formula is C10H9FN4O3. The highest BCUT2D eigenvalue weighted by Gasteiger charge is 2.11. The predicted octanol–water partition coefficient (Wildman–Crippen LogP) is 0.677. The second-order valence-corrected chi connectivity index (χ2v) is 3.76. The normalized spacial score (nSPS) is 10.6. The number of nitro groups is 1. The molecule has 2 aromatic rings. The van der Waals surface area contributed by atoms with Crippen LogP contribution in [0, 0.1) is 15.9 Å². The van der Waals surface area contributed by atoms with E-state index in [9.17, 15) is 19.3 Å². The number of non-ortho nitro benzene ring substituents is 1. The Labute approximate surface area is 100 Å². The number of aromatic nitrogens is 3. The number of nitrogens with zero attached hydrogens (tertiary/aromatic N) is 4. The van der Waals surface area contributed by atoms with Gasteiger partial charge >= 0.3 is 5.69 Å². The van der Waals surface area contributed by atoms with Crippen LogP contribution in [0.25, 0.3) is 0 Å². The van der Waals surface area contributed by atoms with E-state index in [1.807, 2.05) is 0 Å². The first-order valence-corrected chi connectivity index (χ1v) is 4.99. The molecule has 0 aliphatic heterocycles. The summed E-state index contributed by atoms with van der Waals surface area (Å²) in [6.07, 6.45) is 1.32. The van der Waals surface area contributed by atoms with Crippen molar-refractivity contribution in [2.75, 3.05) is 0 Å². The largest absolute Gasteiger partial charge is 0.345 e. The van der Waals surface area contributed by atoms with Crippen molar-refractivity contribution in [3.8, 4) is 0 Å². The molecule has 0 spiro atoms. The molecule has 1 aromatic heterocycles. The third-order valence-corrected chi connectivity index (χ3v) is 2.37. The van der Waals surface area contributed by atoms with Crippen LogP contribution in [0.5, 0.6) is 0 Å². The van der Waals surface area contributed by atoms with Crippen LogP contribution >= 0.6 is 0 Å². The molecule has 94 valence electrons. The summed E-state index contributed by atoms with van der Waals surface area (Å²) in [6.45, 7) is -0.0156. The number of hydrogen-bond donors (Lipinski definition) is 0. The minimum atomic E-state index is -0.719. The van der Waals surface area contributed by atoms with Gasteiger partial charge in [-0.2, -0.15) is 5.10 Å². The van der Waals surface area contributed by atoms with Gasteiger partial charge < -0.3 is 0 Å². The van der Waals surface area contributed by atoms with Gasteiger partial charge in [-0.25, -0.2) is 13.9 Å².